The number of aryl methyl sites for hydroxylation is 1. The van der Waals surface area contributed by atoms with Crippen molar-refractivity contribution in [2.45, 2.75) is 193 Å². The zero-order valence-electron chi connectivity index (χ0n) is 46.8. The van der Waals surface area contributed by atoms with Gasteiger partial charge in [-0.3, -0.25) is 4.79 Å². The van der Waals surface area contributed by atoms with E-state index in [9.17, 15) is 30.3 Å². The third kappa shape index (κ3) is 16.1. The van der Waals surface area contributed by atoms with E-state index >= 15 is 0 Å². The van der Waals surface area contributed by atoms with E-state index < -0.39 is 102 Å². The maximum Gasteiger partial charge on any atom is 0.311 e. The van der Waals surface area contributed by atoms with Crippen molar-refractivity contribution in [1.29, 1.82) is 0 Å². The Bertz CT molecular complexity index is 2120. The first-order valence-electron chi connectivity index (χ1n) is 26.1. The third-order valence-corrected chi connectivity index (χ3v) is 15.3. The minimum absolute atomic E-state index is 0.0307. The molecule has 4 heterocycles. The number of methoxy groups -OCH3 is 2. The summed E-state index contributed by atoms with van der Waals surface area (Å²) in [6.45, 7) is 19.3. The van der Waals surface area contributed by atoms with E-state index in [1.165, 1.54) is 14.0 Å². The van der Waals surface area contributed by atoms with Crippen molar-refractivity contribution in [3.63, 3.8) is 0 Å². The molecule has 0 radical (unpaired) electrons. The van der Waals surface area contributed by atoms with Crippen LogP contribution in [0.3, 0.4) is 0 Å². The summed E-state index contributed by atoms with van der Waals surface area (Å²) in [5, 5.41) is 64.2. The minimum atomic E-state index is -1.97. The molecule has 5 rings (SSSR count). The van der Waals surface area contributed by atoms with Crippen LogP contribution >= 0.6 is 11.6 Å². The summed E-state index contributed by atoms with van der Waals surface area (Å²) in [5.74, 6) is -3.53. The molecule has 75 heavy (non-hydrogen) atoms. The number of halogens is 1. The second kappa shape index (κ2) is 28.0. The predicted octanol–water partition coefficient (Wildman–Crippen LogP) is 4.73. The molecular formula is C53H89ClN6O15. The van der Waals surface area contributed by atoms with Crippen molar-refractivity contribution in [1.82, 2.24) is 14.9 Å². The second-order valence-electron chi connectivity index (χ2n) is 21.4. The van der Waals surface area contributed by atoms with E-state index in [2.05, 4.69) is 15.1 Å². The van der Waals surface area contributed by atoms with Crippen LogP contribution in [-0.2, 0) is 53.9 Å². The minimum Gasteiger partial charge on any atom is -0.459 e. The van der Waals surface area contributed by atoms with Crippen LogP contribution in [0, 0.1) is 23.7 Å². The third-order valence-electron chi connectivity index (χ3n) is 15.1. The molecule has 0 saturated carbocycles. The van der Waals surface area contributed by atoms with Crippen LogP contribution in [-0.4, -0.2) is 185 Å². The van der Waals surface area contributed by atoms with E-state index in [1.54, 1.807) is 55.6 Å². The number of aliphatic hydroxyl groups is 5. The smallest absolute Gasteiger partial charge is 0.311 e. The number of rotatable bonds is 15. The summed E-state index contributed by atoms with van der Waals surface area (Å²) in [4.78, 5) is 30.0. The van der Waals surface area contributed by atoms with Gasteiger partial charge >= 0.3 is 5.97 Å². The quantitative estimate of drug-likeness (QED) is 0.0549. The number of oxime groups is 1. The van der Waals surface area contributed by atoms with Gasteiger partial charge in [0.1, 0.15) is 29.7 Å². The number of nitrogens with zero attached hydrogens (tertiary/aromatic N) is 4. The Kier molecular flexibility index (Phi) is 23.9. The highest BCUT2D eigenvalue weighted by molar-refractivity contribution is 6.30. The fourth-order valence-corrected chi connectivity index (χ4v) is 10.8. The largest absolute Gasteiger partial charge is 0.459 e. The van der Waals surface area contributed by atoms with E-state index in [1.807, 2.05) is 64.0 Å². The highest BCUT2D eigenvalue weighted by Crippen LogP contribution is 2.41. The molecule has 0 bridgehead atoms. The first-order valence-corrected chi connectivity index (χ1v) is 26.4. The van der Waals surface area contributed by atoms with Crippen molar-refractivity contribution in [3.8, 4) is 11.1 Å². The lowest BCUT2D eigenvalue weighted by Crippen LogP contribution is -2.61. The number of benzene rings is 1. The zero-order chi connectivity index (χ0) is 56.3. The number of ether oxygens (including phenoxy) is 8. The second-order valence-corrected chi connectivity index (χ2v) is 21.8. The van der Waals surface area contributed by atoms with Crippen LogP contribution in [0.5, 0.6) is 0 Å². The van der Waals surface area contributed by atoms with E-state index in [-0.39, 0.29) is 50.8 Å². The van der Waals surface area contributed by atoms with Gasteiger partial charge in [0, 0.05) is 55.0 Å². The molecule has 0 aliphatic carbocycles. The number of likely N-dealkylation sites (N-methyl/N-ethyl adjacent to an activating group) is 1. The van der Waals surface area contributed by atoms with Crippen molar-refractivity contribution in [2.75, 3.05) is 59.8 Å². The van der Waals surface area contributed by atoms with Crippen LogP contribution in [0.2, 0.25) is 5.02 Å². The first kappa shape index (κ1) is 64.1. The molecule has 3 aliphatic rings. The molecule has 1 aromatic carbocycles. The van der Waals surface area contributed by atoms with Crippen molar-refractivity contribution in [2.24, 2.45) is 28.8 Å². The van der Waals surface area contributed by atoms with Gasteiger partial charge in [0.05, 0.1) is 72.3 Å². The molecule has 2 aromatic rings. The Morgan fingerprint density at radius 2 is 1.55 bits per heavy atom. The summed E-state index contributed by atoms with van der Waals surface area (Å²) < 4.78 is 48.1. The maximum atomic E-state index is 14.3. The number of hydrogen-bond acceptors (Lipinski definition) is 21. The number of anilines is 2. The molecule has 8 unspecified atom stereocenters. The van der Waals surface area contributed by atoms with E-state index in [0.29, 0.717) is 29.6 Å². The van der Waals surface area contributed by atoms with Crippen LogP contribution in [0.4, 0.5) is 11.8 Å². The summed E-state index contributed by atoms with van der Waals surface area (Å²) in [6.07, 6.45) is -8.75. The van der Waals surface area contributed by atoms with Gasteiger partial charge in [-0.25, -0.2) is 4.98 Å². The molecule has 21 nitrogen and oxygen atoms in total. The molecule has 0 amide bonds. The zero-order valence-corrected chi connectivity index (χ0v) is 47.5. The average Bonchev–Trinajstić information content (AvgIpc) is 3.35. The van der Waals surface area contributed by atoms with Crippen molar-refractivity contribution in [3.05, 3.63) is 35.0 Å². The predicted molar refractivity (Wildman–Crippen MR) is 283 cm³/mol. The van der Waals surface area contributed by atoms with Crippen molar-refractivity contribution < 1.29 is 73.1 Å². The molecular weight excluding hydrogens is 996 g/mol. The molecule has 1 aromatic heterocycles. The fraction of sp³-hybridized carbons (Fsp3) is 0.774. The molecule has 3 aliphatic heterocycles. The lowest BCUT2D eigenvalue weighted by molar-refractivity contribution is -0.317. The van der Waals surface area contributed by atoms with Crippen molar-refractivity contribution >= 4 is 35.0 Å². The van der Waals surface area contributed by atoms with Crippen LogP contribution in [0.1, 0.15) is 108 Å². The number of hydrogen-bond donors (Lipinski definition) is 7. The molecule has 3 fully saturated rings. The lowest BCUT2D eigenvalue weighted by atomic mass is 9.73. The molecule has 0 spiro atoms. The van der Waals surface area contributed by atoms with E-state index in [0.717, 1.165) is 23.2 Å². The Morgan fingerprint density at radius 1 is 0.893 bits per heavy atom. The summed E-state index contributed by atoms with van der Waals surface area (Å²) in [5.41, 5.74) is 9.62. The van der Waals surface area contributed by atoms with Gasteiger partial charge in [-0.15, -0.1) is 0 Å². The normalized spacial score (nSPS) is 37.8. The van der Waals surface area contributed by atoms with Crippen LogP contribution in [0.15, 0.2) is 29.4 Å². The molecule has 22 heteroatoms. The SMILES string of the molecule is CC[C@H]1OC(=O)[C@H](C)[C@@H](OC2CC(C)(OC)C(O)C(C)O2)[C@H](C)[C@@H](OC2OC(C)CC(N(C)C)C2O)[C@](C)(O)C[C@@H](C)/C(=N\OCOCCOC)[C@H](C)[C@@H](O)[C@]1(C)O.CCc1nc(N)nc(N)c1-c1ccc(Cl)cc1. The number of aliphatic hydroxyl groups excluding tert-OH is 3. The number of carbonyl (C=O) groups excluding carboxylic acids is 1. The number of aromatic nitrogens is 2. The topological polar surface area (TPSA) is 295 Å². The molecule has 18 atom stereocenters. The van der Waals surface area contributed by atoms with Gasteiger partial charge in [0.2, 0.25) is 12.7 Å². The van der Waals surface area contributed by atoms with Gasteiger partial charge < -0.3 is 84.6 Å². The lowest BCUT2D eigenvalue weighted by Gasteiger charge is -2.49. The highest BCUT2D eigenvalue weighted by atomic mass is 35.5. The average molecular weight is 1090 g/mol. The Balaban J connectivity index is 0.000000599. The van der Waals surface area contributed by atoms with Gasteiger partial charge in [0.25, 0.3) is 0 Å². The van der Waals surface area contributed by atoms with Gasteiger partial charge in [-0.05, 0) is 99.0 Å². The van der Waals surface area contributed by atoms with Crippen LogP contribution in [0.25, 0.3) is 11.1 Å². The van der Waals surface area contributed by atoms with Crippen LogP contribution < -0.4 is 11.5 Å². The number of esters is 1. The highest BCUT2D eigenvalue weighted by Gasteiger charge is 2.53. The summed E-state index contributed by atoms with van der Waals surface area (Å²) in [7, 11) is 6.76. The fourth-order valence-electron chi connectivity index (χ4n) is 10.7. The Hall–Kier alpha value is -3.39. The Morgan fingerprint density at radius 3 is 2.13 bits per heavy atom. The number of carbonyl (C=O) groups is 1. The standard InChI is InChI=1S/C41H76N2O15.C12H13ClN4/c1-15-29-41(10,49)34(45)24(4)31(42-53-21-52-17-16-50-13)22(2)19-39(8,48)36(58-38-32(44)28(43(11)12)18-23(3)54-38)25(5)33(26(6)37(47)56-29)57-30-20-40(9,51-14)35(46)27(7)55-30;1-2-9-10(11(14)17-12(15)16-9)7-3-5-8(13)6-4-7/h22-30,32-36,38,44-46,48-49H,15-21H2,1-14H3;3-6H,2H2,1H3,(H4,14,15,16,17)/b42-31+;/t22-,23?,24+,25+,26-,27?,28?,29-,30?,32?,33+,34-,35?,36-,38?,39-,40?,41-;/m1./s1. The van der Waals surface area contributed by atoms with Gasteiger partial charge in [-0.1, -0.05) is 63.5 Å². The molecule has 428 valence electrons. The number of cyclic esters (lactones) is 1. The summed E-state index contributed by atoms with van der Waals surface area (Å²) in [6, 6.07) is 7.09. The molecule has 3 saturated heterocycles. The monoisotopic (exact) mass is 1080 g/mol. The first-order chi connectivity index (χ1) is 35.1. The number of nitrogen functional groups attached to an aromatic ring is 2. The van der Waals surface area contributed by atoms with Gasteiger partial charge in [-0.2, -0.15) is 4.98 Å². The van der Waals surface area contributed by atoms with E-state index in [4.69, 9.17) is 65.8 Å². The Labute approximate surface area is 448 Å². The molecule has 9 N–H and O–H groups in total. The summed E-state index contributed by atoms with van der Waals surface area (Å²) >= 11 is 5.86. The van der Waals surface area contributed by atoms with Gasteiger partial charge in [0.15, 0.2) is 12.6 Å². The maximum absolute atomic E-state index is 14.3. The number of nitrogens with two attached hydrogens (primary N) is 2.